The summed E-state index contributed by atoms with van der Waals surface area (Å²) in [7, 11) is 0. The number of benzene rings is 1. The van der Waals surface area contributed by atoms with Crippen molar-refractivity contribution in [2.24, 2.45) is 0 Å². The van der Waals surface area contributed by atoms with Gasteiger partial charge in [0.25, 0.3) is 0 Å². The van der Waals surface area contributed by atoms with Crippen molar-refractivity contribution >= 4 is 11.0 Å². The van der Waals surface area contributed by atoms with Crippen LogP contribution < -0.4 is 5.63 Å². The lowest BCUT2D eigenvalue weighted by Crippen LogP contribution is -2.23. The van der Waals surface area contributed by atoms with Gasteiger partial charge < -0.3 is 19.0 Å². The average molecular weight is 327 g/mol. The molecule has 0 aliphatic carbocycles. The monoisotopic (exact) mass is 327 g/mol. The van der Waals surface area contributed by atoms with Crippen molar-refractivity contribution in [3.8, 4) is 11.5 Å². The number of furan rings is 1. The molecule has 2 N–H and O–H groups in total. The van der Waals surface area contributed by atoms with Crippen LogP contribution in [0.15, 0.2) is 50.2 Å². The summed E-state index contributed by atoms with van der Waals surface area (Å²) in [5, 5.41) is 20.0. The van der Waals surface area contributed by atoms with E-state index in [1.165, 1.54) is 18.2 Å². The molecule has 2 aromatic heterocycles. The van der Waals surface area contributed by atoms with Crippen LogP contribution in [0.4, 0.5) is 0 Å². The normalized spacial score (nSPS) is 18.4. The van der Waals surface area contributed by atoms with E-state index in [4.69, 9.17) is 8.83 Å². The highest BCUT2D eigenvalue weighted by Crippen LogP contribution is 2.36. The second-order valence-corrected chi connectivity index (χ2v) is 6.07. The number of likely N-dealkylation sites (tertiary alicyclic amines) is 1. The summed E-state index contributed by atoms with van der Waals surface area (Å²) >= 11 is 0. The van der Waals surface area contributed by atoms with E-state index in [1.54, 1.807) is 6.26 Å². The zero-order valence-electron chi connectivity index (χ0n) is 12.9. The van der Waals surface area contributed by atoms with E-state index in [2.05, 4.69) is 4.90 Å². The number of hydrogen-bond donors (Lipinski definition) is 2. The molecule has 3 aromatic rings. The van der Waals surface area contributed by atoms with E-state index in [0.29, 0.717) is 11.9 Å². The SMILES string of the molecule is O=c1cc(CN2CCC[C@H]2c2ccco2)c2cc(O)c(O)cc2o1. The van der Waals surface area contributed by atoms with Crippen molar-refractivity contribution in [2.75, 3.05) is 6.54 Å². The van der Waals surface area contributed by atoms with Gasteiger partial charge in [0.1, 0.15) is 11.3 Å². The molecule has 0 amide bonds. The molecule has 1 atom stereocenters. The van der Waals surface area contributed by atoms with Gasteiger partial charge in [0.2, 0.25) is 0 Å². The maximum absolute atomic E-state index is 11.8. The molecule has 1 aromatic carbocycles. The Labute approximate surface area is 137 Å². The minimum Gasteiger partial charge on any atom is -0.504 e. The average Bonchev–Trinajstić information content (AvgIpc) is 3.20. The van der Waals surface area contributed by atoms with Gasteiger partial charge in [-0.2, -0.15) is 0 Å². The Balaban J connectivity index is 1.74. The molecule has 6 heteroatoms. The number of phenolic OH excluding ortho intramolecular Hbond substituents is 2. The number of aromatic hydroxyl groups is 2. The maximum atomic E-state index is 11.8. The molecule has 3 heterocycles. The maximum Gasteiger partial charge on any atom is 0.336 e. The molecule has 1 aliphatic heterocycles. The van der Waals surface area contributed by atoms with E-state index in [1.807, 2.05) is 12.1 Å². The summed E-state index contributed by atoms with van der Waals surface area (Å²) in [4.78, 5) is 14.1. The Morgan fingerprint density at radius 3 is 2.83 bits per heavy atom. The largest absolute Gasteiger partial charge is 0.504 e. The summed E-state index contributed by atoms with van der Waals surface area (Å²) in [6, 6.07) is 8.15. The number of nitrogens with zero attached hydrogens (tertiary/aromatic N) is 1. The molecule has 1 fully saturated rings. The van der Waals surface area contributed by atoms with Gasteiger partial charge in [-0.05, 0) is 43.1 Å². The zero-order chi connectivity index (χ0) is 16.7. The van der Waals surface area contributed by atoms with Crippen molar-refractivity contribution in [1.29, 1.82) is 0 Å². The standard InChI is InChI=1S/C18H17NO5/c20-14-8-12-11(7-18(22)24-17(12)9-15(14)21)10-19-5-1-3-13(19)16-4-2-6-23-16/h2,4,6-9,13,20-21H,1,3,5,10H2/t13-/m0/s1. The molecule has 0 bridgehead atoms. The van der Waals surface area contributed by atoms with Crippen LogP contribution in [-0.2, 0) is 6.54 Å². The van der Waals surface area contributed by atoms with Crippen LogP contribution in [0.1, 0.15) is 30.2 Å². The molecular formula is C18H17NO5. The van der Waals surface area contributed by atoms with Gasteiger partial charge in [0, 0.05) is 24.1 Å². The first-order valence-electron chi connectivity index (χ1n) is 7.88. The topological polar surface area (TPSA) is 87.1 Å². The highest BCUT2D eigenvalue weighted by Gasteiger charge is 2.28. The van der Waals surface area contributed by atoms with Crippen LogP contribution in [0.25, 0.3) is 11.0 Å². The molecule has 0 unspecified atom stereocenters. The van der Waals surface area contributed by atoms with Crippen LogP contribution in [0, 0.1) is 0 Å². The predicted molar refractivity (Wildman–Crippen MR) is 86.9 cm³/mol. The number of hydrogen-bond acceptors (Lipinski definition) is 6. The highest BCUT2D eigenvalue weighted by atomic mass is 16.4. The van der Waals surface area contributed by atoms with Gasteiger partial charge in [-0.1, -0.05) is 0 Å². The van der Waals surface area contributed by atoms with Gasteiger partial charge in [-0.3, -0.25) is 4.90 Å². The van der Waals surface area contributed by atoms with E-state index < -0.39 is 5.63 Å². The van der Waals surface area contributed by atoms with Gasteiger partial charge in [0.05, 0.1) is 12.3 Å². The lowest BCUT2D eigenvalue weighted by molar-refractivity contribution is 0.221. The highest BCUT2D eigenvalue weighted by molar-refractivity contribution is 5.83. The molecule has 0 saturated carbocycles. The zero-order valence-corrected chi connectivity index (χ0v) is 12.9. The Hall–Kier alpha value is -2.73. The smallest absolute Gasteiger partial charge is 0.336 e. The fourth-order valence-corrected chi connectivity index (χ4v) is 3.42. The Morgan fingerprint density at radius 2 is 2.04 bits per heavy atom. The van der Waals surface area contributed by atoms with Crippen molar-refractivity contribution < 1.29 is 19.0 Å². The Kier molecular flexibility index (Phi) is 3.54. The third-order valence-corrected chi connectivity index (χ3v) is 4.53. The Morgan fingerprint density at radius 1 is 1.21 bits per heavy atom. The molecular weight excluding hydrogens is 310 g/mol. The van der Waals surface area contributed by atoms with Crippen LogP contribution in [-0.4, -0.2) is 21.7 Å². The number of phenols is 2. The van der Waals surface area contributed by atoms with Gasteiger partial charge >= 0.3 is 5.63 Å². The van der Waals surface area contributed by atoms with Crippen LogP contribution in [0.3, 0.4) is 0 Å². The van der Waals surface area contributed by atoms with Crippen molar-refractivity contribution in [2.45, 2.75) is 25.4 Å². The summed E-state index contributed by atoms with van der Waals surface area (Å²) in [5.41, 5.74) is 0.549. The molecule has 6 nitrogen and oxygen atoms in total. The Bertz CT molecular complexity index is 928. The third kappa shape index (κ3) is 2.55. The van der Waals surface area contributed by atoms with Crippen LogP contribution in [0.2, 0.25) is 0 Å². The predicted octanol–water partition coefficient (Wildman–Crippen LogP) is 3.13. The molecule has 24 heavy (non-hydrogen) atoms. The second-order valence-electron chi connectivity index (χ2n) is 6.07. The first-order chi connectivity index (χ1) is 11.6. The van der Waals surface area contributed by atoms with E-state index in [-0.39, 0.29) is 23.1 Å². The van der Waals surface area contributed by atoms with Crippen LogP contribution in [0.5, 0.6) is 11.5 Å². The summed E-state index contributed by atoms with van der Waals surface area (Å²) in [5.74, 6) is 0.374. The van der Waals surface area contributed by atoms with Gasteiger partial charge in [-0.25, -0.2) is 4.79 Å². The first-order valence-corrected chi connectivity index (χ1v) is 7.88. The van der Waals surface area contributed by atoms with Crippen molar-refractivity contribution in [3.63, 3.8) is 0 Å². The fraction of sp³-hybridized carbons (Fsp3) is 0.278. The molecule has 1 saturated heterocycles. The van der Waals surface area contributed by atoms with E-state index in [0.717, 1.165) is 30.7 Å². The van der Waals surface area contributed by atoms with Gasteiger partial charge in [0.15, 0.2) is 11.5 Å². The van der Waals surface area contributed by atoms with E-state index >= 15 is 0 Å². The van der Waals surface area contributed by atoms with Crippen molar-refractivity contribution in [3.05, 3.63) is 58.3 Å². The summed E-state index contributed by atoms with van der Waals surface area (Å²) in [6.45, 7) is 1.44. The third-order valence-electron chi connectivity index (χ3n) is 4.53. The second kappa shape index (κ2) is 5.72. The molecule has 0 spiro atoms. The number of fused-ring (bicyclic) bond motifs is 1. The quantitative estimate of drug-likeness (QED) is 0.568. The van der Waals surface area contributed by atoms with E-state index in [9.17, 15) is 15.0 Å². The molecule has 1 aliphatic rings. The minimum absolute atomic E-state index is 0.174. The summed E-state index contributed by atoms with van der Waals surface area (Å²) < 4.78 is 10.7. The first kappa shape index (κ1) is 14.8. The fourth-order valence-electron chi connectivity index (χ4n) is 3.42. The van der Waals surface area contributed by atoms with Gasteiger partial charge in [-0.15, -0.1) is 0 Å². The minimum atomic E-state index is -0.476. The van der Waals surface area contributed by atoms with Crippen LogP contribution >= 0.6 is 0 Å². The lowest BCUT2D eigenvalue weighted by Gasteiger charge is -2.23. The molecule has 124 valence electrons. The van der Waals surface area contributed by atoms with Crippen molar-refractivity contribution in [1.82, 2.24) is 4.90 Å². The lowest BCUT2D eigenvalue weighted by atomic mass is 10.1. The molecule has 4 rings (SSSR count). The molecule has 0 radical (unpaired) electrons. The summed E-state index contributed by atoms with van der Waals surface area (Å²) in [6.07, 6.45) is 3.72. The number of rotatable bonds is 3.